The summed E-state index contributed by atoms with van der Waals surface area (Å²) < 4.78 is 0. The Morgan fingerprint density at radius 3 is 2.46 bits per heavy atom. The van der Waals surface area contributed by atoms with Crippen LogP contribution in [0.2, 0.25) is 0 Å². The van der Waals surface area contributed by atoms with Gasteiger partial charge in [0.1, 0.15) is 0 Å². The van der Waals surface area contributed by atoms with Gasteiger partial charge in [0.25, 0.3) is 0 Å². The molecule has 0 aromatic heterocycles. The first-order valence-electron chi connectivity index (χ1n) is 8.75. The van der Waals surface area contributed by atoms with E-state index in [4.69, 9.17) is 0 Å². The third kappa shape index (κ3) is 3.16. The van der Waals surface area contributed by atoms with Crippen LogP contribution in [0.1, 0.15) is 49.4 Å². The van der Waals surface area contributed by atoms with Gasteiger partial charge in [-0.05, 0) is 51.0 Å². The minimum absolute atomic E-state index is 0.190. The Hall–Kier alpha value is -2.29. The first-order valence-corrected chi connectivity index (χ1v) is 8.75. The molecule has 2 aromatic rings. The summed E-state index contributed by atoms with van der Waals surface area (Å²) in [5.41, 5.74) is 5.88. The summed E-state index contributed by atoms with van der Waals surface area (Å²) in [5.74, 6) is 0.196. The second-order valence-electron chi connectivity index (χ2n) is 6.83. The monoisotopic (exact) mass is 322 g/mol. The number of anilines is 2. The molecule has 3 rings (SSSR count). The highest BCUT2D eigenvalue weighted by atomic mass is 16.2. The zero-order chi connectivity index (χ0) is 17.3. The highest BCUT2D eigenvalue weighted by Crippen LogP contribution is 2.39. The summed E-state index contributed by atoms with van der Waals surface area (Å²) in [6.07, 6.45) is 1.45. The van der Waals surface area contributed by atoms with Crippen molar-refractivity contribution >= 4 is 17.3 Å². The molecule has 1 aliphatic rings. The van der Waals surface area contributed by atoms with Gasteiger partial charge >= 0.3 is 0 Å². The highest BCUT2D eigenvalue weighted by molar-refractivity contribution is 5.95. The average molecular weight is 322 g/mol. The Balaban J connectivity index is 1.98. The minimum atomic E-state index is 0.190. The van der Waals surface area contributed by atoms with Crippen LogP contribution in [-0.2, 0) is 4.79 Å². The number of hydrogen-bond acceptors (Lipinski definition) is 2. The van der Waals surface area contributed by atoms with E-state index < -0.39 is 0 Å². The average Bonchev–Trinajstić information content (AvgIpc) is 2.57. The zero-order valence-corrected chi connectivity index (χ0v) is 15.0. The first-order chi connectivity index (χ1) is 11.5. The standard InChI is InChI=1S/C21H26N2O/c1-5-21(24)23-16(4)13-19(18-12-15(3)8-11-20(18)23)22-17-9-6-14(2)7-10-17/h6-12,16,19,22H,5,13H2,1-4H3/t16-,19+/m0/s1. The van der Waals surface area contributed by atoms with E-state index in [1.54, 1.807) is 0 Å². The number of fused-ring (bicyclic) bond motifs is 1. The number of nitrogens with one attached hydrogen (secondary N) is 1. The van der Waals surface area contributed by atoms with E-state index in [0.717, 1.165) is 17.8 Å². The van der Waals surface area contributed by atoms with E-state index in [2.05, 4.69) is 68.6 Å². The van der Waals surface area contributed by atoms with Gasteiger partial charge in [0, 0.05) is 23.8 Å². The summed E-state index contributed by atoms with van der Waals surface area (Å²) in [6, 6.07) is 15.3. The molecule has 0 unspecified atom stereocenters. The van der Waals surface area contributed by atoms with Crippen molar-refractivity contribution < 1.29 is 4.79 Å². The molecular formula is C21H26N2O. The normalized spacial score (nSPS) is 19.8. The molecular weight excluding hydrogens is 296 g/mol. The van der Waals surface area contributed by atoms with Crippen molar-refractivity contribution in [2.45, 2.75) is 52.6 Å². The maximum Gasteiger partial charge on any atom is 0.226 e. The molecule has 1 heterocycles. The molecule has 3 nitrogen and oxygen atoms in total. The molecule has 0 bridgehead atoms. The van der Waals surface area contributed by atoms with Crippen LogP contribution >= 0.6 is 0 Å². The van der Waals surface area contributed by atoms with Gasteiger partial charge in [-0.1, -0.05) is 42.3 Å². The van der Waals surface area contributed by atoms with Crippen LogP contribution in [0, 0.1) is 13.8 Å². The fraction of sp³-hybridized carbons (Fsp3) is 0.381. The Morgan fingerprint density at radius 1 is 1.12 bits per heavy atom. The zero-order valence-electron chi connectivity index (χ0n) is 15.0. The SMILES string of the molecule is CCC(=O)N1c2ccc(C)cc2[C@H](Nc2ccc(C)cc2)C[C@@H]1C. The minimum Gasteiger partial charge on any atom is -0.378 e. The summed E-state index contributed by atoms with van der Waals surface area (Å²) in [4.78, 5) is 14.4. The highest BCUT2D eigenvalue weighted by Gasteiger charge is 2.33. The number of rotatable bonds is 3. The van der Waals surface area contributed by atoms with Crippen molar-refractivity contribution in [2.24, 2.45) is 0 Å². The van der Waals surface area contributed by atoms with E-state index in [-0.39, 0.29) is 18.0 Å². The number of nitrogens with zero attached hydrogens (tertiary/aromatic N) is 1. The van der Waals surface area contributed by atoms with Gasteiger partial charge < -0.3 is 10.2 Å². The third-order valence-corrected chi connectivity index (χ3v) is 4.80. The lowest BCUT2D eigenvalue weighted by molar-refractivity contribution is -0.118. The Labute approximate surface area is 144 Å². The van der Waals surface area contributed by atoms with Gasteiger partial charge in [0.05, 0.1) is 6.04 Å². The number of carbonyl (C=O) groups excluding carboxylic acids is 1. The molecule has 1 N–H and O–H groups in total. The van der Waals surface area contributed by atoms with Gasteiger partial charge in [0.15, 0.2) is 0 Å². The van der Waals surface area contributed by atoms with E-state index >= 15 is 0 Å². The van der Waals surface area contributed by atoms with Crippen LogP contribution < -0.4 is 10.2 Å². The molecule has 0 saturated heterocycles. The molecule has 1 amide bonds. The molecule has 2 atom stereocenters. The predicted molar refractivity (Wildman–Crippen MR) is 101 cm³/mol. The van der Waals surface area contributed by atoms with E-state index in [1.807, 2.05) is 11.8 Å². The van der Waals surface area contributed by atoms with Crippen molar-refractivity contribution in [3.8, 4) is 0 Å². The molecule has 2 aromatic carbocycles. The maximum absolute atomic E-state index is 12.4. The van der Waals surface area contributed by atoms with Gasteiger partial charge in [-0.25, -0.2) is 0 Å². The van der Waals surface area contributed by atoms with Crippen LogP contribution in [0.5, 0.6) is 0 Å². The largest absolute Gasteiger partial charge is 0.378 e. The van der Waals surface area contributed by atoms with Crippen molar-refractivity contribution in [2.75, 3.05) is 10.2 Å². The van der Waals surface area contributed by atoms with E-state index in [9.17, 15) is 4.79 Å². The molecule has 3 heteroatoms. The topological polar surface area (TPSA) is 32.3 Å². The predicted octanol–water partition coefficient (Wildman–Crippen LogP) is 4.99. The fourth-order valence-corrected chi connectivity index (χ4v) is 3.52. The molecule has 0 saturated carbocycles. The smallest absolute Gasteiger partial charge is 0.226 e. The van der Waals surface area contributed by atoms with Crippen molar-refractivity contribution in [1.29, 1.82) is 0 Å². The maximum atomic E-state index is 12.4. The molecule has 0 fully saturated rings. The number of amides is 1. The van der Waals surface area contributed by atoms with Crippen LogP contribution in [-0.4, -0.2) is 11.9 Å². The molecule has 0 aliphatic carbocycles. The second-order valence-corrected chi connectivity index (χ2v) is 6.83. The lowest BCUT2D eigenvalue weighted by Crippen LogP contribution is -2.44. The number of carbonyl (C=O) groups is 1. The van der Waals surface area contributed by atoms with E-state index in [1.165, 1.54) is 16.7 Å². The molecule has 1 aliphatic heterocycles. The van der Waals surface area contributed by atoms with Crippen LogP contribution in [0.25, 0.3) is 0 Å². The Morgan fingerprint density at radius 2 is 1.79 bits per heavy atom. The van der Waals surface area contributed by atoms with Crippen molar-refractivity contribution in [3.63, 3.8) is 0 Å². The lowest BCUT2D eigenvalue weighted by atomic mass is 9.90. The summed E-state index contributed by atoms with van der Waals surface area (Å²) >= 11 is 0. The Kier molecular flexibility index (Phi) is 4.61. The molecule has 0 radical (unpaired) electrons. The molecule has 24 heavy (non-hydrogen) atoms. The van der Waals surface area contributed by atoms with E-state index in [0.29, 0.717) is 6.42 Å². The quantitative estimate of drug-likeness (QED) is 0.863. The summed E-state index contributed by atoms with van der Waals surface area (Å²) in [5, 5.41) is 3.66. The lowest BCUT2D eigenvalue weighted by Gasteiger charge is -2.40. The summed E-state index contributed by atoms with van der Waals surface area (Å²) in [7, 11) is 0. The van der Waals surface area contributed by atoms with Gasteiger partial charge in [-0.3, -0.25) is 4.79 Å². The third-order valence-electron chi connectivity index (χ3n) is 4.80. The Bertz CT molecular complexity index is 736. The van der Waals surface area contributed by atoms with Crippen LogP contribution in [0.15, 0.2) is 42.5 Å². The summed E-state index contributed by atoms with van der Waals surface area (Å²) in [6.45, 7) is 8.27. The number of hydrogen-bond donors (Lipinski definition) is 1. The van der Waals surface area contributed by atoms with Crippen molar-refractivity contribution in [1.82, 2.24) is 0 Å². The fourth-order valence-electron chi connectivity index (χ4n) is 3.52. The van der Waals surface area contributed by atoms with Gasteiger partial charge in [-0.2, -0.15) is 0 Å². The number of aryl methyl sites for hydroxylation is 2. The van der Waals surface area contributed by atoms with Gasteiger partial charge in [0.2, 0.25) is 5.91 Å². The first kappa shape index (κ1) is 16.6. The van der Waals surface area contributed by atoms with Crippen LogP contribution in [0.4, 0.5) is 11.4 Å². The van der Waals surface area contributed by atoms with Crippen LogP contribution in [0.3, 0.4) is 0 Å². The second kappa shape index (κ2) is 6.68. The molecule has 0 spiro atoms. The van der Waals surface area contributed by atoms with Crippen molar-refractivity contribution in [3.05, 3.63) is 59.2 Å². The molecule has 126 valence electrons. The van der Waals surface area contributed by atoms with Gasteiger partial charge in [-0.15, -0.1) is 0 Å². The number of benzene rings is 2.